The normalized spacial score (nSPS) is 10.5. The van der Waals surface area contributed by atoms with Gasteiger partial charge >= 0.3 is 0 Å². The van der Waals surface area contributed by atoms with Crippen molar-refractivity contribution in [3.63, 3.8) is 0 Å². The number of rotatable bonds is 3. The van der Waals surface area contributed by atoms with Crippen LogP contribution in [0.5, 0.6) is 5.75 Å². The third-order valence-corrected chi connectivity index (χ3v) is 3.22. The molecule has 0 aliphatic heterocycles. The molecule has 0 spiro atoms. The topological polar surface area (TPSA) is 35.2 Å². The molecule has 19 heavy (non-hydrogen) atoms. The monoisotopic (exact) mass is 279 g/mol. The minimum atomic E-state index is -0.379. The van der Waals surface area contributed by atoms with Crippen LogP contribution in [0.3, 0.4) is 0 Å². The van der Waals surface area contributed by atoms with Crippen LogP contribution in [-0.4, -0.2) is 0 Å². The highest BCUT2D eigenvalue weighted by molar-refractivity contribution is 6.31. The molecule has 0 fully saturated rings. The van der Waals surface area contributed by atoms with Gasteiger partial charge in [0.05, 0.1) is 10.7 Å². The van der Waals surface area contributed by atoms with Crippen molar-refractivity contribution in [2.24, 2.45) is 0 Å². The Morgan fingerprint density at radius 1 is 1.26 bits per heavy atom. The van der Waals surface area contributed by atoms with Crippen LogP contribution in [0.4, 0.5) is 10.1 Å². The molecular formula is C15H15ClFNO. The average Bonchev–Trinajstić information content (AvgIpc) is 2.31. The lowest BCUT2D eigenvalue weighted by Gasteiger charge is -2.13. The van der Waals surface area contributed by atoms with Crippen molar-refractivity contribution in [1.82, 2.24) is 0 Å². The summed E-state index contributed by atoms with van der Waals surface area (Å²) in [6.07, 6.45) is 0. The van der Waals surface area contributed by atoms with Crippen LogP contribution < -0.4 is 10.5 Å². The lowest BCUT2D eigenvalue weighted by Crippen LogP contribution is -2.03. The smallest absolute Gasteiger partial charge is 0.145 e. The predicted molar refractivity (Wildman–Crippen MR) is 76.1 cm³/mol. The van der Waals surface area contributed by atoms with Crippen molar-refractivity contribution in [1.29, 1.82) is 0 Å². The number of hydrogen-bond donors (Lipinski definition) is 1. The summed E-state index contributed by atoms with van der Waals surface area (Å²) in [7, 11) is 0. The van der Waals surface area contributed by atoms with Gasteiger partial charge in [0.2, 0.25) is 0 Å². The van der Waals surface area contributed by atoms with E-state index in [-0.39, 0.29) is 12.4 Å². The average molecular weight is 280 g/mol. The maximum absolute atomic E-state index is 13.6. The minimum Gasteiger partial charge on any atom is -0.486 e. The van der Waals surface area contributed by atoms with E-state index in [9.17, 15) is 4.39 Å². The van der Waals surface area contributed by atoms with E-state index in [2.05, 4.69) is 0 Å². The van der Waals surface area contributed by atoms with Crippen LogP contribution in [0.15, 0.2) is 30.3 Å². The standard InChI is InChI=1S/C15H15ClFNO/c1-9-6-10(2)15(14(18)7-9)19-8-11-12(16)4-3-5-13(11)17/h3-7H,8,18H2,1-2H3. The third-order valence-electron chi connectivity index (χ3n) is 2.87. The van der Waals surface area contributed by atoms with Gasteiger partial charge in [0.15, 0.2) is 0 Å². The fourth-order valence-electron chi connectivity index (χ4n) is 2.00. The summed E-state index contributed by atoms with van der Waals surface area (Å²) >= 11 is 5.95. The van der Waals surface area contributed by atoms with Crippen LogP contribution in [-0.2, 0) is 6.61 Å². The molecule has 0 heterocycles. The number of halogens is 2. The molecule has 2 rings (SSSR count). The summed E-state index contributed by atoms with van der Waals surface area (Å²) in [4.78, 5) is 0. The van der Waals surface area contributed by atoms with Crippen molar-refractivity contribution in [3.05, 3.63) is 57.9 Å². The van der Waals surface area contributed by atoms with Crippen molar-refractivity contribution >= 4 is 17.3 Å². The number of aryl methyl sites for hydroxylation is 2. The van der Waals surface area contributed by atoms with Crippen LogP contribution in [0, 0.1) is 19.7 Å². The van der Waals surface area contributed by atoms with E-state index in [4.69, 9.17) is 22.1 Å². The van der Waals surface area contributed by atoms with Gasteiger partial charge in [-0.3, -0.25) is 0 Å². The number of benzene rings is 2. The molecule has 0 unspecified atom stereocenters. The van der Waals surface area contributed by atoms with Crippen LogP contribution in [0.1, 0.15) is 16.7 Å². The Balaban J connectivity index is 2.24. The van der Waals surface area contributed by atoms with E-state index in [1.54, 1.807) is 12.1 Å². The second-order valence-electron chi connectivity index (χ2n) is 4.49. The molecule has 2 aromatic rings. The second-order valence-corrected chi connectivity index (χ2v) is 4.90. The van der Waals surface area contributed by atoms with Gasteiger partial charge in [0.25, 0.3) is 0 Å². The first-order valence-electron chi connectivity index (χ1n) is 5.91. The molecule has 0 aromatic heterocycles. The maximum atomic E-state index is 13.6. The fraction of sp³-hybridized carbons (Fsp3) is 0.200. The molecule has 0 bridgehead atoms. The number of ether oxygens (including phenoxy) is 1. The molecule has 0 saturated heterocycles. The zero-order chi connectivity index (χ0) is 14.0. The number of nitrogen functional groups attached to an aromatic ring is 1. The fourth-order valence-corrected chi connectivity index (χ4v) is 2.22. The molecular weight excluding hydrogens is 265 g/mol. The highest BCUT2D eigenvalue weighted by Crippen LogP contribution is 2.29. The van der Waals surface area contributed by atoms with E-state index in [1.807, 2.05) is 26.0 Å². The van der Waals surface area contributed by atoms with Crippen molar-refractivity contribution in [2.45, 2.75) is 20.5 Å². The molecule has 0 aliphatic rings. The summed E-state index contributed by atoms with van der Waals surface area (Å²) < 4.78 is 19.2. The van der Waals surface area contributed by atoms with E-state index >= 15 is 0 Å². The Bertz CT molecular complexity index is 570. The van der Waals surface area contributed by atoms with Gasteiger partial charge in [-0.15, -0.1) is 0 Å². The maximum Gasteiger partial charge on any atom is 0.145 e. The number of anilines is 1. The zero-order valence-electron chi connectivity index (χ0n) is 10.8. The van der Waals surface area contributed by atoms with E-state index in [0.29, 0.717) is 22.0 Å². The molecule has 0 radical (unpaired) electrons. The molecule has 0 saturated carbocycles. The molecule has 2 nitrogen and oxygen atoms in total. The Kier molecular flexibility index (Phi) is 3.96. The summed E-state index contributed by atoms with van der Waals surface area (Å²) in [5.74, 6) is 0.195. The van der Waals surface area contributed by atoms with Crippen LogP contribution >= 0.6 is 11.6 Å². The van der Waals surface area contributed by atoms with Crippen LogP contribution in [0.2, 0.25) is 5.02 Å². The Morgan fingerprint density at radius 3 is 2.63 bits per heavy atom. The van der Waals surface area contributed by atoms with E-state index in [1.165, 1.54) is 6.07 Å². The lowest BCUT2D eigenvalue weighted by atomic mass is 10.1. The van der Waals surface area contributed by atoms with E-state index < -0.39 is 0 Å². The van der Waals surface area contributed by atoms with Crippen LogP contribution in [0.25, 0.3) is 0 Å². The predicted octanol–water partition coefficient (Wildman–Crippen LogP) is 4.26. The zero-order valence-corrected chi connectivity index (χ0v) is 11.6. The SMILES string of the molecule is Cc1cc(C)c(OCc2c(F)cccc2Cl)c(N)c1. The molecule has 0 aliphatic carbocycles. The second kappa shape index (κ2) is 5.49. The first kappa shape index (κ1) is 13.7. The van der Waals surface area contributed by atoms with Gasteiger partial charge in [-0.2, -0.15) is 0 Å². The highest BCUT2D eigenvalue weighted by atomic mass is 35.5. The van der Waals surface area contributed by atoms with Gasteiger partial charge in [-0.05, 0) is 43.2 Å². The third kappa shape index (κ3) is 2.99. The number of hydrogen-bond acceptors (Lipinski definition) is 2. The molecule has 2 N–H and O–H groups in total. The van der Waals surface area contributed by atoms with Gasteiger partial charge < -0.3 is 10.5 Å². The van der Waals surface area contributed by atoms with Gasteiger partial charge in [0.1, 0.15) is 18.2 Å². The summed E-state index contributed by atoms with van der Waals surface area (Å²) in [5.41, 5.74) is 8.78. The minimum absolute atomic E-state index is 0.0552. The Hall–Kier alpha value is -1.74. The Labute approximate surface area is 117 Å². The van der Waals surface area contributed by atoms with Crippen molar-refractivity contribution in [2.75, 3.05) is 5.73 Å². The van der Waals surface area contributed by atoms with Gasteiger partial charge in [-0.1, -0.05) is 23.7 Å². The van der Waals surface area contributed by atoms with Gasteiger partial charge in [0, 0.05) is 5.56 Å². The first-order valence-corrected chi connectivity index (χ1v) is 6.29. The summed E-state index contributed by atoms with van der Waals surface area (Å²) in [6.45, 7) is 3.92. The molecule has 4 heteroatoms. The van der Waals surface area contributed by atoms with Crippen molar-refractivity contribution < 1.29 is 9.13 Å². The molecule has 100 valence electrons. The molecule has 0 atom stereocenters. The van der Waals surface area contributed by atoms with Crippen molar-refractivity contribution in [3.8, 4) is 5.75 Å². The summed E-state index contributed by atoms with van der Waals surface area (Å²) in [5, 5.41) is 0.350. The molecule has 0 amide bonds. The quantitative estimate of drug-likeness (QED) is 0.852. The largest absolute Gasteiger partial charge is 0.486 e. The Morgan fingerprint density at radius 2 is 2.00 bits per heavy atom. The summed E-state index contributed by atoms with van der Waals surface area (Å²) in [6, 6.07) is 8.34. The number of nitrogens with two attached hydrogens (primary N) is 1. The molecule has 2 aromatic carbocycles. The highest BCUT2D eigenvalue weighted by Gasteiger charge is 2.10. The van der Waals surface area contributed by atoms with E-state index in [0.717, 1.165) is 11.1 Å². The first-order chi connectivity index (χ1) is 8.99. The lowest BCUT2D eigenvalue weighted by molar-refractivity contribution is 0.299. The van der Waals surface area contributed by atoms with Gasteiger partial charge in [-0.25, -0.2) is 4.39 Å².